The van der Waals surface area contributed by atoms with Crippen LogP contribution in [0.5, 0.6) is 0 Å². The molecular weight excluding hydrogens is 297 g/mol. The first-order valence-electron chi connectivity index (χ1n) is 7.20. The molecule has 7 heteroatoms. The summed E-state index contributed by atoms with van der Waals surface area (Å²) in [5, 5.41) is 0. The zero-order valence-electron chi connectivity index (χ0n) is 12.4. The molecular formula is C15H19F3N2O2. The van der Waals surface area contributed by atoms with Crippen LogP contribution in [-0.4, -0.2) is 50.2 Å². The Morgan fingerprint density at radius 3 is 2.50 bits per heavy atom. The Hall–Kier alpha value is -1.76. The first kappa shape index (κ1) is 16.6. The molecule has 0 aliphatic carbocycles. The van der Waals surface area contributed by atoms with Crippen molar-refractivity contribution < 1.29 is 22.7 Å². The first-order chi connectivity index (χ1) is 10.4. The van der Waals surface area contributed by atoms with E-state index in [1.807, 2.05) is 9.80 Å². The van der Waals surface area contributed by atoms with Crippen molar-refractivity contribution in [2.45, 2.75) is 13.1 Å². The molecule has 122 valence electrons. The molecule has 4 nitrogen and oxygen atoms in total. The van der Waals surface area contributed by atoms with E-state index in [1.165, 1.54) is 12.1 Å². The molecule has 1 fully saturated rings. The highest BCUT2D eigenvalue weighted by Crippen LogP contribution is 2.31. The second-order valence-electron chi connectivity index (χ2n) is 5.12. The van der Waals surface area contributed by atoms with Crippen molar-refractivity contribution in [3.05, 3.63) is 29.8 Å². The molecule has 0 saturated carbocycles. The molecule has 0 unspecified atom stereocenters. The molecule has 0 spiro atoms. The highest BCUT2D eigenvalue weighted by atomic mass is 19.4. The summed E-state index contributed by atoms with van der Waals surface area (Å²) in [4.78, 5) is 15.3. The molecule has 1 aliphatic heterocycles. The number of carbonyl (C=O) groups is 1. The SMILES string of the molecule is CCOC(=O)CN1CCN(c2cccc(C(F)(F)F)c2)CC1. The standard InChI is InChI=1S/C15H19F3N2O2/c1-2-22-14(21)11-19-6-8-20(9-7-19)13-5-3-4-12(10-13)15(16,17)18/h3-5,10H,2,6-9,11H2,1H3. The van der Waals surface area contributed by atoms with Crippen LogP contribution in [0.1, 0.15) is 12.5 Å². The van der Waals surface area contributed by atoms with Crippen LogP contribution in [0.25, 0.3) is 0 Å². The number of carbonyl (C=O) groups excluding carboxylic acids is 1. The molecule has 1 aliphatic rings. The lowest BCUT2D eigenvalue weighted by Crippen LogP contribution is -2.48. The quantitative estimate of drug-likeness (QED) is 0.799. The van der Waals surface area contributed by atoms with Crippen molar-refractivity contribution in [1.29, 1.82) is 0 Å². The van der Waals surface area contributed by atoms with Gasteiger partial charge in [-0.3, -0.25) is 9.69 Å². The van der Waals surface area contributed by atoms with E-state index in [0.717, 1.165) is 6.07 Å². The number of piperazine rings is 1. The Bertz CT molecular complexity index is 512. The minimum atomic E-state index is -4.33. The summed E-state index contributed by atoms with van der Waals surface area (Å²) in [6.45, 7) is 4.74. The minimum absolute atomic E-state index is 0.226. The van der Waals surface area contributed by atoms with E-state index < -0.39 is 11.7 Å². The third kappa shape index (κ3) is 4.37. The Balaban J connectivity index is 1.93. The molecule has 0 atom stereocenters. The van der Waals surface area contributed by atoms with Crippen LogP contribution >= 0.6 is 0 Å². The number of alkyl halides is 3. The summed E-state index contributed by atoms with van der Waals surface area (Å²) in [6.07, 6.45) is -4.33. The van der Waals surface area contributed by atoms with Crippen molar-refractivity contribution in [3.63, 3.8) is 0 Å². The molecule has 0 radical (unpaired) electrons. The molecule has 1 aromatic rings. The third-order valence-electron chi connectivity index (χ3n) is 3.57. The summed E-state index contributed by atoms with van der Waals surface area (Å²) in [6, 6.07) is 5.33. The van der Waals surface area contributed by atoms with E-state index in [1.54, 1.807) is 13.0 Å². The molecule has 2 rings (SSSR count). The molecule has 1 saturated heterocycles. The summed E-state index contributed by atoms with van der Waals surface area (Å²) in [7, 11) is 0. The van der Waals surface area contributed by atoms with Crippen molar-refractivity contribution in [3.8, 4) is 0 Å². The van der Waals surface area contributed by atoms with E-state index in [0.29, 0.717) is 38.5 Å². The lowest BCUT2D eigenvalue weighted by atomic mass is 10.1. The number of hydrogen-bond acceptors (Lipinski definition) is 4. The monoisotopic (exact) mass is 316 g/mol. The van der Waals surface area contributed by atoms with E-state index in [9.17, 15) is 18.0 Å². The van der Waals surface area contributed by atoms with Gasteiger partial charge in [0, 0.05) is 31.9 Å². The second kappa shape index (κ2) is 7.00. The summed E-state index contributed by atoms with van der Waals surface area (Å²) in [5.74, 6) is -0.269. The smallest absolute Gasteiger partial charge is 0.416 e. The van der Waals surface area contributed by atoms with Gasteiger partial charge < -0.3 is 9.64 Å². The number of halogens is 3. The summed E-state index contributed by atoms with van der Waals surface area (Å²) >= 11 is 0. The zero-order valence-corrected chi connectivity index (χ0v) is 12.4. The van der Waals surface area contributed by atoms with Gasteiger partial charge in [-0.1, -0.05) is 6.07 Å². The molecule has 22 heavy (non-hydrogen) atoms. The number of hydrogen-bond donors (Lipinski definition) is 0. The van der Waals surface area contributed by atoms with Crippen LogP contribution in [0.15, 0.2) is 24.3 Å². The molecule has 1 heterocycles. The molecule has 1 aromatic carbocycles. The van der Waals surface area contributed by atoms with Crippen LogP contribution < -0.4 is 4.90 Å². The zero-order chi connectivity index (χ0) is 16.2. The van der Waals surface area contributed by atoms with Gasteiger partial charge in [0.25, 0.3) is 0 Å². The fourth-order valence-electron chi connectivity index (χ4n) is 2.43. The Kier molecular flexibility index (Phi) is 5.28. The highest BCUT2D eigenvalue weighted by molar-refractivity contribution is 5.71. The number of anilines is 1. The number of benzene rings is 1. The number of esters is 1. The second-order valence-corrected chi connectivity index (χ2v) is 5.12. The van der Waals surface area contributed by atoms with Crippen molar-refractivity contribution in [1.82, 2.24) is 4.90 Å². The van der Waals surface area contributed by atoms with Crippen molar-refractivity contribution in [2.75, 3.05) is 44.2 Å². The van der Waals surface area contributed by atoms with Gasteiger partial charge >= 0.3 is 12.1 Å². The predicted molar refractivity (Wildman–Crippen MR) is 76.7 cm³/mol. The van der Waals surface area contributed by atoms with Gasteiger partial charge in [0.1, 0.15) is 0 Å². The Morgan fingerprint density at radius 1 is 1.23 bits per heavy atom. The maximum Gasteiger partial charge on any atom is 0.416 e. The lowest BCUT2D eigenvalue weighted by molar-refractivity contribution is -0.144. The van der Waals surface area contributed by atoms with E-state index >= 15 is 0 Å². The van der Waals surface area contributed by atoms with Crippen LogP contribution in [0.4, 0.5) is 18.9 Å². The van der Waals surface area contributed by atoms with Crippen LogP contribution in [0.2, 0.25) is 0 Å². The van der Waals surface area contributed by atoms with Crippen LogP contribution in [0, 0.1) is 0 Å². The third-order valence-corrected chi connectivity index (χ3v) is 3.57. The molecule has 0 amide bonds. The number of rotatable bonds is 4. The average Bonchev–Trinajstić information content (AvgIpc) is 2.47. The largest absolute Gasteiger partial charge is 0.465 e. The average molecular weight is 316 g/mol. The van der Waals surface area contributed by atoms with Crippen molar-refractivity contribution in [2.24, 2.45) is 0 Å². The summed E-state index contributed by atoms with van der Waals surface area (Å²) < 4.78 is 43.1. The van der Waals surface area contributed by atoms with Gasteiger partial charge in [0.05, 0.1) is 18.7 Å². The van der Waals surface area contributed by atoms with Gasteiger partial charge in [-0.05, 0) is 25.1 Å². The maximum absolute atomic E-state index is 12.7. The fourth-order valence-corrected chi connectivity index (χ4v) is 2.43. The van der Waals surface area contributed by atoms with E-state index in [4.69, 9.17) is 4.74 Å². The maximum atomic E-state index is 12.7. The fraction of sp³-hybridized carbons (Fsp3) is 0.533. The van der Waals surface area contributed by atoms with E-state index in [-0.39, 0.29) is 12.5 Å². The highest BCUT2D eigenvalue weighted by Gasteiger charge is 2.31. The van der Waals surface area contributed by atoms with Gasteiger partial charge in [0.15, 0.2) is 0 Å². The predicted octanol–water partition coefficient (Wildman–Crippen LogP) is 2.39. The van der Waals surface area contributed by atoms with Crippen LogP contribution in [-0.2, 0) is 15.7 Å². The van der Waals surface area contributed by atoms with Crippen molar-refractivity contribution >= 4 is 11.7 Å². The van der Waals surface area contributed by atoms with Gasteiger partial charge in [-0.25, -0.2) is 0 Å². The van der Waals surface area contributed by atoms with Gasteiger partial charge in [-0.2, -0.15) is 13.2 Å². The van der Waals surface area contributed by atoms with E-state index in [2.05, 4.69) is 0 Å². The minimum Gasteiger partial charge on any atom is -0.465 e. The molecule has 0 aromatic heterocycles. The Morgan fingerprint density at radius 2 is 1.91 bits per heavy atom. The first-order valence-corrected chi connectivity index (χ1v) is 7.20. The van der Waals surface area contributed by atoms with Gasteiger partial charge in [0.2, 0.25) is 0 Å². The summed E-state index contributed by atoms with van der Waals surface area (Å²) in [5.41, 5.74) is -0.0791. The number of nitrogens with zero attached hydrogens (tertiary/aromatic N) is 2. The normalized spacial score (nSPS) is 16.6. The number of ether oxygens (including phenoxy) is 1. The topological polar surface area (TPSA) is 32.8 Å². The van der Waals surface area contributed by atoms with Crippen LogP contribution in [0.3, 0.4) is 0 Å². The lowest BCUT2D eigenvalue weighted by Gasteiger charge is -2.35. The molecule has 0 bridgehead atoms. The Labute approximate surface area is 127 Å². The van der Waals surface area contributed by atoms with Gasteiger partial charge in [-0.15, -0.1) is 0 Å². The molecule has 0 N–H and O–H groups in total.